The van der Waals surface area contributed by atoms with Crippen LogP contribution in [0.5, 0.6) is 0 Å². The molecule has 0 unspecified atom stereocenters. The largest absolute Gasteiger partial charge is 0.322 e. The molecule has 24 heavy (non-hydrogen) atoms. The molecule has 126 valence electrons. The number of hydrogen-bond donors (Lipinski definition) is 2. The average molecular weight is 385 g/mol. The van der Waals surface area contributed by atoms with Crippen LogP contribution in [0.1, 0.15) is 11.1 Å². The highest BCUT2D eigenvalue weighted by Crippen LogP contribution is 2.25. The number of carbonyl (C=O) groups excluding carboxylic acids is 1. The van der Waals surface area contributed by atoms with Gasteiger partial charge in [0.25, 0.3) is 0 Å². The SMILES string of the molecule is Cc1ccc(NC(=O)/C=C/c2c(Cl)cccc2Cl)cc1S(N)(=O)=O. The summed E-state index contributed by atoms with van der Waals surface area (Å²) in [6.45, 7) is 1.62. The van der Waals surface area contributed by atoms with Crippen molar-refractivity contribution in [3.63, 3.8) is 0 Å². The molecule has 0 fully saturated rings. The second kappa shape index (κ2) is 7.36. The maximum Gasteiger partial charge on any atom is 0.248 e. The molecular weight excluding hydrogens is 371 g/mol. The Bertz CT molecular complexity index is 905. The van der Waals surface area contributed by atoms with E-state index >= 15 is 0 Å². The highest BCUT2D eigenvalue weighted by molar-refractivity contribution is 7.89. The molecule has 3 N–H and O–H groups in total. The molecule has 0 heterocycles. The number of nitrogens with two attached hydrogens (primary N) is 1. The van der Waals surface area contributed by atoms with E-state index in [2.05, 4.69) is 5.32 Å². The quantitative estimate of drug-likeness (QED) is 0.788. The second-order valence-corrected chi connectivity index (χ2v) is 7.33. The molecule has 8 heteroatoms. The van der Waals surface area contributed by atoms with Gasteiger partial charge in [-0.1, -0.05) is 35.3 Å². The lowest BCUT2D eigenvalue weighted by atomic mass is 10.2. The molecule has 2 aromatic rings. The van der Waals surface area contributed by atoms with Crippen LogP contribution in [0.3, 0.4) is 0 Å². The number of hydrogen-bond acceptors (Lipinski definition) is 3. The fraction of sp³-hybridized carbons (Fsp3) is 0.0625. The van der Waals surface area contributed by atoms with Crippen LogP contribution in [0.4, 0.5) is 5.69 Å². The Morgan fingerprint density at radius 1 is 1.17 bits per heavy atom. The molecule has 0 saturated heterocycles. The lowest BCUT2D eigenvalue weighted by molar-refractivity contribution is -0.111. The van der Waals surface area contributed by atoms with Gasteiger partial charge in [0, 0.05) is 27.4 Å². The Morgan fingerprint density at radius 2 is 1.79 bits per heavy atom. The highest BCUT2D eigenvalue weighted by Gasteiger charge is 2.12. The van der Waals surface area contributed by atoms with Gasteiger partial charge >= 0.3 is 0 Å². The standard InChI is InChI=1S/C16H14Cl2N2O3S/c1-10-5-6-11(9-15(10)24(19,22)23)20-16(21)8-7-12-13(17)3-2-4-14(12)18/h2-9H,1H3,(H,20,21)(H2,19,22,23)/b8-7+. The Balaban J connectivity index is 2.20. The summed E-state index contributed by atoms with van der Waals surface area (Å²) < 4.78 is 23.0. The zero-order valence-corrected chi connectivity index (χ0v) is 14.9. The molecule has 2 rings (SSSR count). The first-order chi connectivity index (χ1) is 11.2. The van der Waals surface area contributed by atoms with E-state index in [4.69, 9.17) is 28.3 Å². The van der Waals surface area contributed by atoms with Crippen molar-refractivity contribution in [3.05, 3.63) is 63.6 Å². The van der Waals surface area contributed by atoms with E-state index in [9.17, 15) is 13.2 Å². The third kappa shape index (κ3) is 4.58. The van der Waals surface area contributed by atoms with Crippen LogP contribution in [0.15, 0.2) is 47.4 Å². The predicted octanol–water partition coefficient (Wildman–Crippen LogP) is 3.60. The Labute approximate surface area is 150 Å². The molecule has 0 atom stereocenters. The molecule has 2 aromatic carbocycles. The molecule has 0 saturated carbocycles. The zero-order chi connectivity index (χ0) is 17.9. The van der Waals surface area contributed by atoms with Gasteiger partial charge in [0.2, 0.25) is 15.9 Å². The Morgan fingerprint density at radius 3 is 2.38 bits per heavy atom. The molecule has 0 aliphatic heterocycles. The fourth-order valence-corrected chi connectivity index (χ4v) is 3.33. The van der Waals surface area contributed by atoms with E-state index in [1.165, 1.54) is 18.2 Å². The zero-order valence-electron chi connectivity index (χ0n) is 12.6. The lowest BCUT2D eigenvalue weighted by Gasteiger charge is -2.07. The summed E-state index contributed by atoms with van der Waals surface area (Å²) in [5, 5.41) is 8.53. The number of carbonyl (C=O) groups is 1. The average Bonchev–Trinajstić information content (AvgIpc) is 2.47. The number of rotatable bonds is 4. The first kappa shape index (κ1) is 18.5. The van der Waals surface area contributed by atoms with Gasteiger partial charge in [0.1, 0.15) is 0 Å². The minimum Gasteiger partial charge on any atom is -0.322 e. The van der Waals surface area contributed by atoms with Gasteiger partial charge in [-0.2, -0.15) is 0 Å². The van der Waals surface area contributed by atoms with Crippen molar-refractivity contribution >= 4 is 50.9 Å². The highest BCUT2D eigenvalue weighted by atomic mass is 35.5. The molecule has 0 aromatic heterocycles. The Kier molecular flexibility index (Phi) is 5.66. The summed E-state index contributed by atoms with van der Waals surface area (Å²) in [5.74, 6) is -0.463. The van der Waals surface area contributed by atoms with Gasteiger partial charge in [-0.3, -0.25) is 4.79 Å². The van der Waals surface area contributed by atoms with E-state index in [1.54, 1.807) is 37.3 Å². The summed E-state index contributed by atoms with van der Waals surface area (Å²) in [4.78, 5) is 11.9. The van der Waals surface area contributed by atoms with E-state index in [0.717, 1.165) is 0 Å². The number of halogens is 2. The van der Waals surface area contributed by atoms with Crippen LogP contribution in [0.2, 0.25) is 10.0 Å². The van der Waals surface area contributed by atoms with E-state index in [0.29, 0.717) is 26.9 Å². The normalized spacial score (nSPS) is 11.7. The van der Waals surface area contributed by atoms with Crippen LogP contribution in [0, 0.1) is 6.92 Å². The van der Waals surface area contributed by atoms with Gasteiger partial charge in [0.15, 0.2) is 0 Å². The van der Waals surface area contributed by atoms with Crippen LogP contribution in [-0.4, -0.2) is 14.3 Å². The third-order valence-corrected chi connectivity index (χ3v) is 4.88. The van der Waals surface area contributed by atoms with Crippen LogP contribution in [-0.2, 0) is 14.8 Å². The molecule has 5 nitrogen and oxygen atoms in total. The van der Waals surface area contributed by atoms with Gasteiger partial charge in [0.05, 0.1) is 4.90 Å². The van der Waals surface area contributed by atoms with Crippen molar-refractivity contribution < 1.29 is 13.2 Å². The molecule has 0 aliphatic rings. The van der Waals surface area contributed by atoms with Gasteiger partial charge in [-0.15, -0.1) is 0 Å². The number of amides is 1. The van der Waals surface area contributed by atoms with Crippen LogP contribution >= 0.6 is 23.2 Å². The summed E-state index contributed by atoms with van der Waals surface area (Å²) in [5.41, 5.74) is 1.32. The smallest absolute Gasteiger partial charge is 0.248 e. The number of benzene rings is 2. The summed E-state index contributed by atoms with van der Waals surface area (Å²) in [6.07, 6.45) is 2.73. The van der Waals surface area contributed by atoms with E-state index in [1.807, 2.05) is 0 Å². The van der Waals surface area contributed by atoms with Gasteiger partial charge in [-0.05, 0) is 42.8 Å². The molecule has 0 bridgehead atoms. The molecule has 0 aliphatic carbocycles. The molecule has 0 spiro atoms. The number of aryl methyl sites for hydroxylation is 1. The van der Waals surface area contributed by atoms with Gasteiger partial charge < -0.3 is 5.32 Å². The first-order valence-corrected chi connectivity index (χ1v) is 9.05. The van der Waals surface area contributed by atoms with Gasteiger partial charge in [-0.25, -0.2) is 13.6 Å². The maximum absolute atomic E-state index is 12.0. The number of primary sulfonamides is 1. The molecule has 0 radical (unpaired) electrons. The van der Waals surface area contributed by atoms with Crippen LogP contribution in [0.25, 0.3) is 6.08 Å². The number of nitrogens with one attached hydrogen (secondary N) is 1. The monoisotopic (exact) mass is 384 g/mol. The van der Waals surface area contributed by atoms with Crippen molar-refractivity contribution in [2.75, 3.05) is 5.32 Å². The lowest BCUT2D eigenvalue weighted by Crippen LogP contribution is -2.15. The maximum atomic E-state index is 12.0. The number of anilines is 1. The Hall–Kier alpha value is -1.86. The summed E-state index contributed by atoms with van der Waals surface area (Å²) in [6, 6.07) is 9.46. The third-order valence-electron chi connectivity index (χ3n) is 3.16. The van der Waals surface area contributed by atoms with Crippen molar-refractivity contribution in [1.82, 2.24) is 0 Å². The topological polar surface area (TPSA) is 89.3 Å². The van der Waals surface area contributed by atoms with Crippen molar-refractivity contribution in [2.45, 2.75) is 11.8 Å². The minimum atomic E-state index is -3.86. The second-order valence-electron chi connectivity index (χ2n) is 4.98. The molecule has 1 amide bonds. The molecular formula is C16H14Cl2N2O3S. The van der Waals surface area contributed by atoms with E-state index < -0.39 is 15.9 Å². The van der Waals surface area contributed by atoms with Crippen molar-refractivity contribution in [2.24, 2.45) is 5.14 Å². The fourth-order valence-electron chi connectivity index (χ4n) is 2.00. The van der Waals surface area contributed by atoms with E-state index in [-0.39, 0.29) is 4.90 Å². The van der Waals surface area contributed by atoms with Crippen molar-refractivity contribution in [3.8, 4) is 0 Å². The predicted molar refractivity (Wildman–Crippen MR) is 96.7 cm³/mol. The minimum absolute atomic E-state index is 0.0431. The number of sulfonamides is 1. The van der Waals surface area contributed by atoms with Crippen molar-refractivity contribution in [1.29, 1.82) is 0 Å². The first-order valence-electron chi connectivity index (χ1n) is 6.75. The summed E-state index contributed by atoms with van der Waals surface area (Å²) in [7, 11) is -3.86. The summed E-state index contributed by atoms with van der Waals surface area (Å²) >= 11 is 12.0. The van der Waals surface area contributed by atoms with Crippen LogP contribution < -0.4 is 10.5 Å².